The number of hydrogen-bond acceptors (Lipinski definition) is 0. The topological polar surface area (TPSA) is 0 Å². The van der Waals surface area contributed by atoms with E-state index < -0.39 is 7.25 Å². The van der Waals surface area contributed by atoms with Crippen LogP contribution < -0.4 is 0 Å². The number of hydrogen-bond donors (Lipinski definition) is 0. The van der Waals surface area contributed by atoms with Gasteiger partial charge in [0.2, 0.25) is 0 Å². The zero-order chi connectivity index (χ0) is 24.7. The SMILES string of the molecule is C1=CCCC=CCC1.CCC1CCC(CC)P1CCP1C(CC)CCC1CC.F[B-](F)(F)F.[Rh]. The van der Waals surface area contributed by atoms with Crippen LogP contribution in [0.2, 0.25) is 0 Å². The maximum atomic E-state index is 9.75. The minimum atomic E-state index is -6.00. The Morgan fingerprint density at radius 2 is 0.765 bits per heavy atom. The van der Waals surface area contributed by atoms with E-state index >= 15 is 0 Å². The van der Waals surface area contributed by atoms with Crippen LogP contribution in [0, 0.1) is 0 Å². The molecular formula is C26H48BF4P2Rh-. The molecule has 2 heterocycles. The van der Waals surface area contributed by atoms with Crippen LogP contribution in [-0.4, -0.2) is 42.2 Å². The molecule has 0 bridgehead atoms. The summed E-state index contributed by atoms with van der Waals surface area (Å²) in [5.74, 6) is 0. The first-order chi connectivity index (χ1) is 15.7. The second kappa shape index (κ2) is 19.8. The van der Waals surface area contributed by atoms with Crippen molar-refractivity contribution in [2.75, 3.05) is 12.3 Å². The molecule has 0 aromatic rings. The fraction of sp³-hybridized carbons (Fsp3) is 0.846. The Morgan fingerprint density at radius 1 is 0.559 bits per heavy atom. The molecule has 2 saturated heterocycles. The van der Waals surface area contributed by atoms with Gasteiger partial charge in [-0.05, 0) is 112 Å². The van der Waals surface area contributed by atoms with Gasteiger partial charge in [-0.1, -0.05) is 52.0 Å². The Balaban J connectivity index is 0.000000642. The minimum Gasteiger partial charge on any atom is -0.418 e. The van der Waals surface area contributed by atoms with Gasteiger partial charge in [0.1, 0.15) is 0 Å². The maximum Gasteiger partial charge on any atom is 0.673 e. The molecule has 4 atom stereocenters. The molecule has 2 aliphatic heterocycles. The molecule has 0 spiro atoms. The van der Waals surface area contributed by atoms with Crippen molar-refractivity contribution < 1.29 is 36.7 Å². The monoisotopic (exact) mass is 612 g/mol. The molecule has 1 aliphatic carbocycles. The summed E-state index contributed by atoms with van der Waals surface area (Å²) in [7, 11) is -5.24. The standard InChI is InChI=1S/C18H36P2.C8H12.BF4.Rh/c1-5-15-9-10-16(6-2)19(15)13-14-20-17(7-3)11-12-18(20)8-4;1-2-4-6-8-7-5-3-1;2-1(3,4)5;/h15-18H,5-14H2,1-4H3;1-2,7-8H,3-6H2;;/q;;-1;. The van der Waals surface area contributed by atoms with Crippen molar-refractivity contribution in [3.63, 3.8) is 0 Å². The van der Waals surface area contributed by atoms with Crippen molar-refractivity contribution in [2.24, 2.45) is 0 Å². The van der Waals surface area contributed by atoms with Gasteiger partial charge in [-0.15, -0.1) is 15.8 Å². The summed E-state index contributed by atoms with van der Waals surface area (Å²) in [5, 5.41) is 0. The van der Waals surface area contributed by atoms with Crippen molar-refractivity contribution in [3.8, 4) is 0 Å². The molecule has 0 saturated carbocycles. The van der Waals surface area contributed by atoms with Crippen LogP contribution in [0.4, 0.5) is 17.3 Å². The Hall–Kier alpha value is 0.748. The third-order valence-corrected chi connectivity index (χ3v) is 15.5. The predicted octanol–water partition coefficient (Wildman–Crippen LogP) is 10.6. The normalized spacial score (nSPS) is 30.8. The van der Waals surface area contributed by atoms with E-state index in [9.17, 15) is 17.3 Å². The second-order valence-corrected chi connectivity index (χ2v) is 15.3. The summed E-state index contributed by atoms with van der Waals surface area (Å²) in [6.45, 7) is 9.79. The molecule has 3 rings (SSSR count). The molecule has 8 heteroatoms. The fourth-order valence-corrected chi connectivity index (χ4v) is 13.9. The van der Waals surface area contributed by atoms with Crippen molar-refractivity contribution in [1.82, 2.24) is 0 Å². The predicted molar refractivity (Wildman–Crippen MR) is 145 cm³/mol. The third kappa shape index (κ3) is 14.5. The average Bonchev–Trinajstić information content (AvgIpc) is 3.33. The van der Waals surface area contributed by atoms with Crippen molar-refractivity contribution in [1.29, 1.82) is 0 Å². The molecule has 4 unspecified atom stereocenters. The van der Waals surface area contributed by atoms with E-state index in [2.05, 4.69) is 52.0 Å². The summed E-state index contributed by atoms with van der Waals surface area (Å²) in [6.07, 6.45) is 29.4. The van der Waals surface area contributed by atoms with Gasteiger partial charge in [-0.25, -0.2) is 0 Å². The third-order valence-electron chi connectivity index (χ3n) is 7.38. The average molecular weight is 612 g/mol. The fourth-order valence-electron chi connectivity index (χ4n) is 5.60. The molecule has 3 aliphatic rings. The van der Waals surface area contributed by atoms with Crippen molar-refractivity contribution in [2.45, 2.75) is 127 Å². The summed E-state index contributed by atoms with van der Waals surface area (Å²) < 4.78 is 39.0. The second-order valence-electron chi connectivity index (χ2n) is 9.47. The Labute approximate surface area is 223 Å². The molecule has 0 nitrogen and oxygen atoms in total. The van der Waals surface area contributed by atoms with E-state index in [1.54, 1.807) is 38.0 Å². The van der Waals surface area contributed by atoms with E-state index in [1.807, 2.05) is 0 Å². The Kier molecular flexibility index (Phi) is 20.2. The number of allylic oxidation sites excluding steroid dienone is 4. The van der Waals surface area contributed by atoms with Gasteiger partial charge in [0.25, 0.3) is 0 Å². The first kappa shape index (κ1) is 34.7. The van der Waals surface area contributed by atoms with Crippen molar-refractivity contribution >= 4 is 23.1 Å². The largest absolute Gasteiger partial charge is 0.673 e. The number of halogens is 4. The molecule has 0 N–H and O–H groups in total. The summed E-state index contributed by atoms with van der Waals surface area (Å²) >= 11 is 0. The molecular weight excluding hydrogens is 564 g/mol. The van der Waals surface area contributed by atoms with Crippen LogP contribution in [0.15, 0.2) is 24.3 Å². The first-order valence-corrected chi connectivity index (χ1v) is 16.8. The smallest absolute Gasteiger partial charge is 0.418 e. The molecule has 1 radical (unpaired) electrons. The Morgan fingerprint density at radius 3 is 0.941 bits per heavy atom. The van der Waals surface area contributed by atoms with Crippen LogP contribution in [0.5, 0.6) is 0 Å². The van der Waals surface area contributed by atoms with Crippen LogP contribution in [0.3, 0.4) is 0 Å². The van der Waals surface area contributed by atoms with Crippen molar-refractivity contribution in [3.05, 3.63) is 24.3 Å². The van der Waals surface area contributed by atoms with Gasteiger partial charge in [0.15, 0.2) is 0 Å². The Bertz CT molecular complexity index is 475. The van der Waals surface area contributed by atoms with Crippen LogP contribution in [0.25, 0.3) is 0 Å². The van der Waals surface area contributed by atoms with Gasteiger partial charge in [-0.2, -0.15) is 0 Å². The van der Waals surface area contributed by atoms with Crippen LogP contribution >= 0.6 is 15.8 Å². The minimum absolute atomic E-state index is 0. The zero-order valence-corrected chi connectivity index (χ0v) is 25.3. The molecule has 0 aromatic heterocycles. The maximum absolute atomic E-state index is 9.75. The summed E-state index contributed by atoms with van der Waals surface area (Å²) in [5.41, 5.74) is 4.53. The van der Waals surface area contributed by atoms with Gasteiger partial charge >= 0.3 is 7.25 Å². The number of rotatable bonds is 7. The van der Waals surface area contributed by atoms with E-state index in [1.165, 1.54) is 51.4 Å². The molecule has 0 aromatic carbocycles. The molecule has 34 heavy (non-hydrogen) atoms. The van der Waals surface area contributed by atoms with Gasteiger partial charge < -0.3 is 17.3 Å². The molecule has 0 amide bonds. The van der Waals surface area contributed by atoms with E-state index in [0.29, 0.717) is 15.8 Å². The molecule has 203 valence electrons. The van der Waals surface area contributed by atoms with E-state index in [-0.39, 0.29) is 19.5 Å². The molecule has 2 fully saturated rings. The van der Waals surface area contributed by atoms with E-state index in [4.69, 9.17) is 0 Å². The van der Waals surface area contributed by atoms with Gasteiger partial charge in [0, 0.05) is 19.5 Å². The first-order valence-electron chi connectivity index (χ1n) is 13.4. The quantitative estimate of drug-likeness (QED) is 0.116. The van der Waals surface area contributed by atoms with Crippen LogP contribution in [0.1, 0.15) is 105 Å². The van der Waals surface area contributed by atoms with Crippen LogP contribution in [-0.2, 0) is 19.5 Å². The van der Waals surface area contributed by atoms with E-state index in [0.717, 1.165) is 22.6 Å². The van der Waals surface area contributed by atoms with Gasteiger partial charge in [0.05, 0.1) is 0 Å². The summed E-state index contributed by atoms with van der Waals surface area (Å²) in [6, 6.07) is 0. The van der Waals surface area contributed by atoms with Gasteiger partial charge in [-0.3, -0.25) is 0 Å². The zero-order valence-electron chi connectivity index (χ0n) is 21.8. The summed E-state index contributed by atoms with van der Waals surface area (Å²) in [4.78, 5) is 0.